The fourth-order valence-corrected chi connectivity index (χ4v) is 3.19. The molecule has 0 saturated heterocycles. The normalized spacial score (nSPS) is 32.4. The van der Waals surface area contributed by atoms with E-state index in [1.807, 2.05) is 12.1 Å². The Hall–Kier alpha value is -1.02. The Kier molecular flexibility index (Phi) is 3.17. The molecule has 0 heterocycles. The number of phenols is 1. The van der Waals surface area contributed by atoms with E-state index in [2.05, 4.69) is 20.8 Å². The standard InChI is InChI=1S/C15H22O2/c1-10-8-12(9-15(2,3)14(10)17)11-4-6-13(16)7-5-11/h4-7,10,12,14,16-17H,8-9H2,1-3H3. The van der Waals surface area contributed by atoms with Crippen LogP contribution in [-0.2, 0) is 0 Å². The van der Waals surface area contributed by atoms with Crippen molar-refractivity contribution in [2.45, 2.75) is 45.6 Å². The van der Waals surface area contributed by atoms with Gasteiger partial charge in [0.15, 0.2) is 0 Å². The largest absolute Gasteiger partial charge is 0.508 e. The molecule has 0 spiro atoms. The maximum atomic E-state index is 10.2. The molecule has 2 heteroatoms. The van der Waals surface area contributed by atoms with Gasteiger partial charge in [-0.1, -0.05) is 32.9 Å². The first kappa shape index (κ1) is 12.4. The summed E-state index contributed by atoms with van der Waals surface area (Å²) in [5.74, 6) is 1.14. The van der Waals surface area contributed by atoms with Crippen molar-refractivity contribution < 1.29 is 10.2 Å². The van der Waals surface area contributed by atoms with Gasteiger partial charge in [0.05, 0.1) is 6.10 Å². The van der Waals surface area contributed by atoms with Crippen molar-refractivity contribution in [2.75, 3.05) is 0 Å². The highest BCUT2D eigenvalue weighted by molar-refractivity contribution is 5.29. The molecule has 3 atom stereocenters. The lowest BCUT2D eigenvalue weighted by Gasteiger charge is -2.43. The Morgan fingerprint density at radius 3 is 2.29 bits per heavy atom. The van der Waals surface area contributed by atoms with Crippen LogP contribution in [0.2, 0.25) is 0 Å². The molecule has 1 fully saturated rings. The van der Waals surface area contributed by atoms with Crippen LogP contribution >= 0.6 is 0 Å². The topological polar surface area (TPSA) is 40.5 Å². The molecule has 0 aromatic heterocycles. The van der Waals surface area contributed by atoms with E-state index < -0.39 is 0 Å². The van der Waals surface area contributed by atoms with Gasteiger partial charge in [-0.05, 0) is 47.8 Å². The van der Waals surface area contributed by atoms with Gasteiger partial charge in [0, 0.05) is 0 Å². The Morgan fingerprint density at radius 1 is 1.18 bits per heavy atom. The smallest absolute Gasteiger partial charge is 0.115 e. The molecule has 2 rings (SSSR count). The minimum atomic E-state index is -0.212. The minimum absolute atomic E-state index is 0.0276. The number of benzene rings is 1. The predicted molar refractivity (Wildman–Crippen MR) is 69.0 cm³/mol. The van der Waals surface area contributed by atoms with Crippen LogP contribution in [0.1, 0.15) is 45.1 Å². The Labute approximate surface area is 103 Å². The van der Waals surface area contributed by atoms with Crippen molar-refractivity contribution in [3.63, 3.8) is 0 Å². The Morgan fingerprint density at radius 2 is 1.76 bits per heavy atom. The number of rotatable bonds is 1. The van der Waals surface area contributed by atoms with E-state index in [4.69, 9.17) is 0 Å². The van der Waals surface area contributed by atoms with Crippen molar-refractivity contribution >= 4 is 0 Å². The first-order chi connectivity index (χ1) is 7.90. The SMILES string of the molecule is CC1CC(c2ccc(O)cc2)CC(C)(C)C1O. The number of aliphatic hydroxyl groups is 1. The number of aliphatic hydroxyl groups excluding tert-OH is 1. The lowest BCUT2D eigenvalue weighted by atomic mass is 9.64. The second kappa shape index (κ2) is 4.34. The monoisotopic (exact) mass is 234 g/mol. The van der Waals surface area contributed by atoms with E-state index in [1.54, 1.807) is 12.1 Å². The molecular formula is C15H22O2. The fraction of sp³-hybridized carbons (Fsp3) is 0.600. The summed E-state index contributed by atoms with van der Waals surface area (Å²) in [5, 5.41) is 19.5. The third kappa shape index (κ3) is 2.47. The van der Waals surface area contributed by atoms with Crippen LogP contribution in [0.3, 0.4) is 0 Å². The highest BCUT2D eigenvalue weighted by Crippen LogP contribution is 2.46. The molecule has 1 aliphatic carbocycles. The average molecular weight is 234 g/mol. The van der Waals surface area contributed by atoms with Gasteiger partial charge in [0.25, 0.3) is 0 Å². The molecule has 17 heavy (non-hydrogen) atoms. The summed E-state index contributed by atoms with van der Waals surface area (Å²) >= 11 is 0. The average Bonchev–Trinajstić information content (AvgIpc) is 2.26. The molecule has 3 unspecified atom stereocenters. The van der Waals surface area contributed by atoms with Gasteiger partial charge in [0.2, 0.25) is 0 Å². The van der Waals surface area contributed by atoms with Gasteiger partial charge in [-0.2, -0.15) is 0 Å². The van der Waals surface area contributed by atoms with Gasteiger partial charge in [-0.25, -0.2) is 0 Å². The third-order valence-corrected chi connectivity index (χ3v) is 4.13. The number of phenolic OH excluding ortho intramolecular Hbond substituents is 1. The maximum absolute atomic E-state index is 10.2. The molecule has 2 nitrogen and oxygen atoms in total. The van der Waals surface area contributed by atoms with E-state index in [-0.39, 0.29) is 11.5 Å². The lowest BCUT2D eigenvalue weighted by molar-refractivity contribution is -0.0333. The summed E-state index contributed by atoms with van der Waals surface area (Å²) in [6.07, 6.45) is 1.81. The summed E-state index contributed by atoms with van der Waals surface area (Å²) < 4.78 is 0. The Bertz CT molecular complexity index is 380. The summed E-state index contributed by atoms with van der Waals surface area (Å²) in [7, 11) is 0. The molecular weight excluding hydrogens is 212 g/mol. The third-order valence-electron chi connectivity index (χ3n) is 4.13. The molecule has 94 valence electrons. The molecule has 0 aliphatic heterocycles. The molecule has 1 saturated carbocycles. The Balaban J connectivity index is 2.20. The van der Waals surface area contributed by atoms with Gasteiger partial charge in [-0.3, -0.25) is 0 Å². The second-order valence-corrected chi connectivity index (χ2v) is 6.14. The predicted octanol–water partition coefficient (Wildman–Crippen LogP) is 3.29. The molecule has 2 N–H and O–H groups in total. The summed E-state index contributed by atoms with van der Waals surface area (Å²) in [4.78, 5) is 0. The zero-order chi connectivity index (χ0) is 12.6. The first-order valence-corrected chi connectivity index (χ1v) is 6.37. The molecule has 1 aromatic carbocycles. The van der Waals surface area contributed by atoms with Crippen LogP contribution in [0.4, 0.5) is 0 Å². The highest BCUT2D eigenvalue weighted by atomic mass is 16.3. The molecule has 0 radical (unpaired) electrons. The van der Waals surface area contributed by atoms with Crippen molar-refractivity contribution in [1.29, 1.82) is 0 Å². The van der Waals surface area contributed by atoms with E-state index in [1.165, 1.54) is 5.56 Å². The zero-order valence-corrected chi connectivity index (χ0v) is 10.9. The van der Waals surface area contributed by atoms with Crippen molar-refractivity contribution in [1.82, 2.24) is 0 Å². The molecule has 0 bridgehead atoms. The van der Waals surface area contributed by atoms with Crippen LogP contribution < -0.4 is 0 Å². The molecule has 1 aliphatic rings. The highest BCUT2D eigenvalue weighted by Gasteiger charge is 2.40. The van der Waals surface area contributed by atoms with E-state index in [9.17, 15) is 10.2 Å². The van der Waals surface area contributed by atoms with Crippen molar-refractivity contribution in [3.8, 4) is 5.75 Å². The van der Waals surface area contributed by atoms with E-state index >= 15 is 0 Å². The van der Waals surface area contributed by atoms with Crippen LogP contribution in [0, 0.1) is 11.3 Å². The molecule has 1 aromatic rings. The van der Waals surface area contributed by atoms with Crippen LogP contribution in [0.5, 0.6) is 5.75 Å². The quantitative estimate of drug-likeness (QED) is 0.782. The van der Waals surface area contributed by atoms with E-state index in [0.717, 1.165) is 12.8 Å². The van der Waals surface area contributed by atoms with Crippen LogP contribution in [-0.4, -0.2) is 16.3 Å². The fourth-order valence-electron chi connectivity index (χ4n) is 3.19. The van der Waals surface area contributed by atoms with Gasteiger partial charge in [0.1, 0.15) is 5.75 Å². The van der Waals surface area contributed by atoms with Gasteiger partial charge in [-0.15, -0.1) is 0 Å². The minimum Gasteiger partial charge on any atom is -0.508 e. The summed E-state index contributed by atoms with van der Waals surface area (Å²) in [6, 6.07) is 7.50. The second-order valence-electron chi connectivity index (χ2n) is 6.14. The summed E-state index contributed by atoms with van der Waals surface area (Å²) in [6.45, 7) is 6.40. The lowest BCUT2D eigenvalue weighted by Crippen LogP contribution is -2.41. The van der Waals surface area contributed by atoms with Gasteiger partial charge < -0.3 is 10.2 Å². The van der Waals surface area contributed by atoms with Crippen molar-refractivity contribution in [3.05, 3.63) is 29.8 Å². The summed E-state index contributed by atoms with van der Waals surface area (Å²) in [5.41, 5.74) is 1.25. The number of hydrogen-bond donors (Lipinski definition) is 2. The number of aromatic hydroxyl groups is 1. The van der Waals surface area contributed by atoms with Crippen molar-refractivity contribution in [2.24, 2.45) is 11.3 Å². The number of hydrogen-bond acceptors (Lipinski definition) is 2. The van der Waals surface area contributed by atoms with Crippen LogP contribution in [0.25, 0.3) is 0 Å². The first-order valence-electron chi connectivity index (χ1n) is 6.37. The van der Waals surface area contributed by atoms with Crippen LogP contribution in [0.15, 0.2) is 24.3 Å². The maximum Gasteiger partial charge on any atom is 0.115 e. The zero-order valence-electron chi connectivity index (χ0n) is 10.9. The van der Waals surface area contributed by atoms with Gasteiger partial charge >= 0.3 is 0 Å². The van der Waals surface area contributed by atoms with E-state index in [0.29, 0.717) is 17.6 Å². The molecule has 0 amide bonds.